The fraction of sp³-hybridized carbons (Fsp3) is 0.219. The second-order valence-electron chi connectivity index (χ2n) is 10.4. The topological polar surface area (TPSA) is 118 Å². The Morgan fingerprint density at radius 2 is 1.74 bits per heavy atom. The first-order chi connectivity index (χ1) is 20.4. The largest absolute Gasteiger partial charge is 0.437 e. The van der Waals surface area contributed by atoms with Crippen LogP contribution in [-0.2, 0) is 15.8 Å². The van der Waals surface area contributed by atoms with E-state index in [0.29, 0.717) is 34.5 Å². The molecule has 1 fully saturated rings. The second-order valence-corrected chi connectivity index (χ2v) is 12.1. The third kappa shape index (κ3) is 7.22. The Bertz CT molecular complexity index is 1820. The van der Waals surface area contributed by atoms with E-state index in [1.807, 2.05) is 67.6 Å². The van der Waals surface area contributed by atoms with Crippen molar-refractivity contribution in [3.8, 4) is 22.9 Å². The van der Waals surface area contributed by atoms with Gasteiger partial charge in [0.1, 0.15) is 5.75 Å². The van der Waals surface area contributed by atoms with Crippen LogP contribution in [0.5, 0.6) is 11.6 Å². The van der Waals surface area contributed by atoms with Gasteiger partial charge in [-0.3, -0.25) is 4.72 Å². The molecule has 9 nitrogen and oxygen atoms in total. The van der Waals surface area contributed by atoms with Crippen LogP contribution in [0, 0.1) is 6.92 Å². The monoisotopic (exact) mass is 616 g/mol. The minimum atomic E-state index is -3.65. The number of nitrogens with zero attached hydrogens (tertiary/aromatic N) is 3. The fourth-order valence-electron chi connectivity index (χ4n) is 5.20. The molecule has 3 aromatic carbocycles. The number of fused-ring (bicyclic) bond motifs is 1. The molecular weight excluding hydrogens is 584 g/mol. The molecule has 1 aliphatic rings. The first-order valence-corrected chi connectivity index (χ1v) is 15.6. The highest BCUT2D eigenvalue weighted by Crippen LogP contribution is 2.40. The van der Waals surface area contributed by atoms with E-state index in [1.54, 1.807) is 30.6 Å². The normalized spacial score (nSPS) is 15.0. The van der Waals surface area contributed by atoms with E-state index in [9.17, 15) is 8.42 Å². The van der Waals surface area contributed by atoms with E-state index in [2.05, 4.69) is 25.3 Å². The standard InChI is InChI=1S/C32H32N6O3S.ClH/c1-22-19-29(38-42(39,40)21-23-9-3-2-4-10-23)25-12-5-6-13-26(25)30(22)41-31-27(14-8-17-34-31)28-15-18-35-32(37-28)36-24-11-7-16-33-20-24;/h2-6,8-10,12-15,17-19,24,33,38H,7,11,16,20-21H2,1H3,(H,35,36,37);1H. The van der Waals surface area contributed by atoms with Crippen molar-refractivity contribution < 1.29 is 13.2 Å². The molecule has 1 unspecified atom stereocenters. The number of halogens is 1. The van der Waals surface area contributed by atoms with Gasteiger partial charge in [0.25, 0.3) is 0 Å². The summed E-state index contributed by atoms with van der Waals surface area (Å²) < 4.78 is 35.5. The lowest BCUT2D eigenvalue weighted by Gasteiger charge is -2.23. The number of sulfonamides is 1. The summed E-state index contributed by atoms with van der Waals surface area (Å²) >= 11 is 0. The number of anilines is 2. The molecule has 222 valence electrons. The number of ether oxygens (including phenoxy) is 1. The van der Waals surface area contributed by atoms with Crippen LogP contribution in [0.3, 0.4) is 0 Å². The van der Waals surface area contributed by atoms with Gasteiger partial charge >= 0.3 is 0 Å². The lowest BCUT2D eigenvalue weighted by molar-refractivity contribution is 0.466. The zero-order valence-electron chi connectivity index (χ0n) is 23.7. The minimum absolute atomic E-state index is 0. The van der Waals surface area contributed by atoms with E-state index >= 15 is 0 Å². The SMILES string of the molecule is Cc1cc(NS(=O)(=O)Cc2ccccc2)c2ccccc2c1Oc1ncccc1-c1ccnc(NC2CCCNC2)n1.Cl. The molecule has 6 rings (SSSR count). The smallest absolute Gasteiger partial charge is 0.236 e. The molecule has 0 aliphatic carbocycles. The van der Waals surface area contributed by atoms with Gasteiger partial charge in [0.2, 0.25) is 21.9 Å². The summed E-state index contributed by atoms with van der Waals surface area (Å²) in [6, 6.07) is 24.4. The number of aromatic nitrogens is 3. The van der Waals surface area contributed by atoms with E-state index in [0.717, 1.165) is 47.8 Å². The molecule has 0 saturated carbocycles. The lowest BCUT2D eigenvalue weighted by Crippen LogP contribution is -2.38. The maximum atomic E-state index is 13.1. The highest BCUT2D eigenvalue weighted by molar-refractivity contribution is 7.91. The predicted octanol–water partition coefficient (Wildman–Crippen LogP) is 6.32. The summed E-state index contributed by atoms with van der Waals surface area (Å²) in [5.41, 5.74) is 3.38. The van der Waals surface area contributed by atoms with Crippen LogP contribution in [0.25, 0.3) is 22.0 Å². The third-order valence-corrected chi connectivity index (χ3v) is 8.42. The van der Waals surface area contributed by atoms with Gasteiger partial charge in [-0.05, 0) is 61.7 Å². The Balaban J connectivity index is 0.00000368. The number of hydrogen-bond acceptors (Lipinski definition) is 8. The summed E-state index contributed by atoms with van der Waals surface area (Å²) in [6.07, 6.45) is 5.58. The van der Waals surface area contributed by atoms with Gasteiger partial charge in [-0.1, -0.05) is 54.6 Å². The first-order valence-electron chi connectivity index (χ1n) is 14.0. The van der Waals surface area contributed by atoms with Crippen molar-refractivity contribution >= 4 is 44.8 Å². The van der Waals surface area contributed by atoms with Gasteiger partial charge in [0.15, 0.2) is 0 Å². The van der Waals surface area contributed by atoms with Gasteiger partial charge in [0.05, 0.1) is 22.7 Å². The third-order valence-electron chi connectivity index (χ3n) is 7.18. The summed E-state index contributed by atoms with van der Waals surface area (Å²) in [4.78, 5) is 13.7. The number of aryl methyl sites for hydroxylation is 1. The van der Waals surface area contributed by atoms with Crippen LogP contribution in [-0.4, -0.2) is 42.5 Å². The summed E-state index contributed by atoms with van der Waals surface area (Å²) in [6.45, 7) is 3.80. The van der Waals surface area contributed by atoms with Gasteiger partial charge in [-0.2, -0.15) is 0 Å². The highest BCUT2D eigenvalue weighted by Gasteiger charge is 2.20. The zero-order chi connectivity index (χ0) is 28.9. The molecule has 1 atom stereocenters. The Kier molecular flexibility index (Phi) is 9.40. The quantitative estimate of drug-likeness (QED) is 0.176. The lowest BCUT2D eigenvalue weighted by atomic mass is 10.0. The van der Waals surface area contributed by atoms with Crippen molar-refractivity contribution in [2.75, 3.05) is 23.1 Å². The first kappa shape index (κ1) is 30.2. The summed E-state index contributed by atoms with van der Waals surface area (Å²) in [5, 5.41) is 8.32. The van der Waals surface area contributed by atoms with E-state index in [-0.39, 0.29) is 24.2 Å². The van der Waals surface area contributed by atoms with Crippen LogP contribution in [0.1, 0.15) is 24.0 Å². The molecule has 0 amide bonds. The molecule has 5 aromatic rings. The van der Waals surface area contributed by atoms with Crippen LogP contribution < -0.4 is 20.1 Å². The average molecular weight is 617 g/mol. The van der Waals surface area contributed by atoms with Crippen LogP contribution in [0.15, 0.2) is 91.3 Å². The summed E-state index contributed by atoms with van der Waals surface area (Å²) in [5.74, 6) is 1.43. The Morgan fingerprint density at radius 1 is 0.953 bits per heavy atom. The zero-order valence-corrected chi connectivity index (χ0v) is 25.3. The molecule has 1 saturated heterocycles. The van der Waals surface area contributed by atoms with Crippen LogP contribution in [0.4, 0.5) is 11.6 Å². The number of benzene rings is 3. The number of nitrogens with one attached hydrogen (secondary N) is 3. The second kappa shape index (κ2) is 13.4. The van der Waals surface area contributed by atoms with Gasteiger partial charge in [-0.15, -0.1) is 12.4 Å². The highest BCUT2D eigenvalue weighted by atomic mass is 35.5. The Hall–Kier alpha value is -4.25. The van der Waals surface area contributed by atoms with E-state index in [1.165, 1.54) is 0 Å². The molecule has 3 heterocycles. The molecule has 11 heteroatoms. The maximum Gasteiger partial charge on any atom is 0.236 e. The fourth-order valence-corrected chi connectivity index (χ4v) is 6.41. The van der Waals surface area contributed by atoms with Crippen molar-refractivity contribution in [1.29, 1.82) is 0 Å². The number of pyridine rings is 1. The minimum Gasteiger partial charge on any atom is -0.437 e. The molecule has 1 aliphatic heterocycles. The predicted molar refractivity (Wildman–Crippen MR) is 173 cm³/mol. The number of hydrogen-bond donors (Lipinski definition) is 3. The molecular formula is C32H33ClN6O3S. The Morgan fingerprint density at radius 3 is 2.53 bits per heavy atom. The Labute approximate surface area is 257 Å². The van der Waals surface area contributed by atoms with Crippen molar-refractivity contribution in [3.05, 3.63) is 102 Å². The van der Waals surface area contributed by atoms with E-state index < -0.39 is 10.0 Å². The molecule has 0 bridgehead atoms. The van der Waals surface area contributed by atoms with Crippen molar-refractivity contribution in [3.63, 3.8) is 0 Å². The number of rotatable bonds is 9. The average Bonchev–Trinajstić information content (AvgIpc) is 3.00. The van der Waals surface area contributed by atoms with Gasteiger partial charge in [-0.25, -0.2) is 23.4 Å². The van der Waals surface area contributed by atoms with Crippen LogP contribution in [0.2, 0.25) is 0 Å². The van der Waals surface area contributed by atoms with Gasteiger partial charge in [0, 0.05) is 35.8 Å². The maximum absolute atomic E-state index is 13.1. The summed E-state index contributed by atoms with van der Waals surface area (Å²) in [7, 11) is -3.65. The van der Waals surface area contributed by atoms with Gasteiger partial charge < -0.3 is 15.4 Å². The van der Waals surface area contributed by atoms with Crippen LogP contribution >= 0.6 is 12.4 Å². The molecule has 2 aromatic heterocycles. The van der Waals surface area contributed by atoms with E-state index in [4.69, 9.17) is 9.72 Å². The molecule has 43 heavy (non-hydrogen) atoms. The van der Waals surface area contributed by atoms with Crippen molar-refractivity contribution in [2.45, 2.75) is 31.6 Å². The molecule has 3 N–H and O–H groups in total. The van der Waals surface area contributed by atoms with Crippen molar-refractivity contribution in [1.82, 2.24) is 20.3 Å². The molecule has 0 radical (unpaired) electrons. The van der Waals surface area contributed by atoms with Crippen molar-refractivity contribution in [2.24, 2.45) is 0 Å². The number of piperidine rings is 1. The molecule has 0 spiro atoms.